The SMILES string of the molecule is C=CC(C)/C(C)=C(\C)C=NC(OC)=C(C)C. The van der Waals surface area contributed by atoms with Crippen LogP contribution in [0.4, 0.5) is 0 Å². The van der Waals surface area contributed by atoms with Crippen LogP contribution in [0.15, 0.2) is 40.2 Å². The van der Waals surface area contributed by atoms with Crippen molar-refractivity contribution in [1.82, 2.24) is 0 Å². The molecule has 0 rings (SSSR count). The van der Waals surface area contributed by atoms with Gasteiger partial charge in [-0.25, -0.2) is 4.99 Å². The normalized spacial score (nSPS) is 14.4. The second kappa shape index (κ2) is 7.04. The van der Waals surface area contributed by atoms with Crippen molar-refractivity contribution in [2.45, 2.75) is 34.6 Å². The highest BCUT2D eigenvalue weighted by Gasteiger charge is 2.02. The number of hydrogen-bond acceptors (Lipinski definition) is 2. The zero-order valence-electron chi connectivity index (χ0n) is 11.3. The summed E-state index contributed by atoms with van der Waals surface area (Å²) in [5.74, 6) is 1.06. The van der Waals surface area contributed by atoms with Gasteiger partial charge in [-0.1, -0.05) is 18.6 Å². The number of rotatable bonds is 5. The van der Waals surface area contributed by atoms with Crippen LogP contribution in [-0.4, -0.2) is 13.3 Å². The van der Waals surface area contributed by atoms with Gasteiger partial charge in [-0.05, 0) is 44.8 Å². The van der Waals surface area contributed by atoms with Gasteiger partial charge in [0.1, 0.15) is 0 Å². The number of allylic oxidation sites excluding steroid dienone is 4. The van der Waals surface area contributed by atoms with Crippen LogP contribution in [0.1, 0.15) is 34.6 Å². The molecule has 0 aliphatic carbocycles. The number of methoxy groups -OCH3 is 1. The average Bonchev–Trinajstić information content (AvgIpc) is 2.26. The van der Waals surface area contributed by atoms with Gasteiger partial charge in [-0.2, -0.15) is 0 Å². The lowest BCUT2D eigenvalue weighted by Crippen LogP contribution is -1.96. The standard InChI is InChI=1S/C14H23NO/c1-8-11(4)13(6)12(5)9-15-14(16-7)10(2)3/h8-9,11H,1H2,2-7H3/b13-12+,15-9?. The fraction of sp³-hybridized carbons (Fsp3) is 0.500. The molecule has 0 aliphatic rings. The summed E-state index contributed by atoms with van der Waals surface area (Å²) in [6.07, 6.45) is 3.78. The van der Waals surface area contributed by atoms with Crippen molar-refractivity contribution in [3.63, 3.8) is 0 Å². The molecule has 2 heteroatoms. The molecule has 1 atom stereocenters. The lowest BCUT2D eigenvalue weighted by molar-refractivity contribution is 0.284. The number of ether oxygens (including phenoxy) is 1. The van der Waals surface area contributed by atoms with Crippen molar-refractivity contribution in [1.29, 1.82) is 0 Å². The highest BCUT2D eigenvalue weighted by Crippen LogP contribution is 2.15. The molecule has 0 fully saturated rings. The molecule has 0 heterocycles. The average molecular weight is 221 g/mol. The summed E-state index contributed by atoms with van der Waals surface area (Å²) in [5.41, 5.74) is 3.51. The Labute approximate surface area is 99.4 Å². The first-order valence-electron chi connectivity index (χ1n) is 5.49. The Bertz CT molecular complexity index is 331. The van der Waals surface area contributed by atoms with Gasteiger partial charge < -0.3 is 4.74 Å². The molecule has 0 aliphatic heterocycles. The van der Waals surface area contributed by atoms with E-state index in [9.17, 15) is 0 Å². The molecule has 0 saturated carbocycles. The van der Waals surface area contributed by atoms with E-state index in [-0.39, 0.29) is 0 Å². The molecule has 1 unspecified atom stereocenters. The Morgan fingerprint density at radius 2 is 1.81 bits per heavy atom. The smallest absolute Gasteiger partial charge is 0.211 e. The molecule has 0 aromatic heterocycles. The molecule has 90 valence electrons. The van der Waals surface area contributed by atoms with E-state index in [1.54, 1.807) is 7.11 Å². The second-order valence-corrected chi connectivity index (χ2v) is 4.16. The lowest BCUT2D eigenvalue weighted by Gasteiger charge is -2.09. The minimum absolute atomic E-state index is 0.379. The van der Waals surface area contributed by atoms with Gasteiger partial charge in [-0.3, -0.25) is 0 Å². The molecule has 0 N–H and O–H groups in total. The van der Waals surface area contributed by atoms with Crippen LogP contribution in [0.2, 0.25) is 0 Å². The first kappa shape index (κ1) is 14.7. The second-order valence-electron chi connectivity index (χ2n) is 4.16. The van der Waals surface area contributed by atoms with Crippen LogP contribution in [0.5, 0.6) is 0 Å². The maximum Gasteiger partial charge on any atom is 0.211 e. The quantitative estimate of drug-likeness (QED) is 0.389. The maximum absolute atomic E-state index is 5.17. The zero-order chi connectivity index (χ0) is 12.7. The summed E-state index contributed by atoms with van der Waals surface area (Å²) < 4.78 is 5.17. The number of aliphatic imine (C=N–C) groups is 1. The van der Waals surface area contributed by atoms with Crippen LogP contribution in [0, 0.1) is 5.92 Å². The van der Waals surface area contributed by atoms with Crippen molar-refractivity contribution in [3.05, 3.63) is 35.3 Å². The van der Waals surface area contributed by atoms with Crippen LogP contribution in [-0.2, 0) is 4.74 Å². The summed E-state index contributed by atoms with van der Waals surface area (Å²) >= 11 is 0. The topological polar surface area (TPSA) is 21.6 Å². The van der Waals surface area contributed by atoms with E-state index >= 15 is 0 Å². The first-order chi connectivity index (χ1) is 7.43. The molecule has 16 heavy (non-hydrogen) atoms. The van der Waals surface area contributed by atoms with Crippen molar-refractivity contribution < 1.29 is 4.74 Å². The van der Waals surface area contributed by atoms with Gasteiger partial charge in [0.2, 0.25) is 5.88 Å². The summed E-state index contributed by atoms with van der Waals surface area (Å²) in [7, 11) is 1.64. The molecule has 0 spiro atoms. The summed E-state index contributed by atoms with van der Waals surface area (Å²) in [5, 5.41) is 0. The Balaban J connectivity index is 4.92. The van der Waals surface area contributed by atoms with E-state index in [2.05, 4.69) is 32.3 Å². The van der Waals surface area contributed by atoms with Gasteiger partial charge in [0, 0.05) is 6.21 Å². The number of hydrogen-bond donors (Lipinski definition) is 0. The predicted octanol–water partition coefficient (Wildman–Crippen LogP) is 4.11. The molecule has 0 aromatic rings. The van der Waals surface area contributed by atoms with E-state index in [0.29, 0.717) is 11.8 Å². The van der Waals surface area contributed by atoms with Crippen LogP contribution >= 0.6 is 0 Å². The summed E-state index contributed by atoms with van der Waals surface area (Å²) in [4.78, 5) is 4.32. The van der Waals surface area contributed by atoms with Crippen molar-refractivity contribution in [3.8, 4) is 0 Å². The van der Waals surface area contributed by atoms with Gasteiger partial charge in [0.05, 0.1) is 7.11 Å². The monoisotopic (exact) mass is 221 g/mol. The third kappa shape index (κ3) is 4.47. The van der Waals surface area contributed by atoms with Crippen LogP contribution in [0.25, 0.3) is 0 Å². The lowest BCUT2D eigenvalue weighted by atomic mass is 9.99. The first-order valence-corrected chi connectivity index (χ1v) is 5.49. The Hall–Kier alpha value is -1.31. The summed E-state index contributed by atoms with van der Waals surface area (Å²) in [6.45, 7) is 14.0. The maximum atomic E-state index is 5.17. The largest absolute Gasteiger partial charge is 0.481 e. The zero-order valence-corrected chi connectivity index (χ0v) is 11.3. The highest BCUT2D eigenvalue weighted by atomic mass is 16.5. The fourth-order valence-electron chi connectivity index (χ4n) is 1.18. The van der Waals surface area contributed by atoms with Gasteiger partial charge in [-0.15, -0.1) is 6.58 Å². The van der Waals surface area contributed by atoms with E-state index in [0.717, 1.165) is 11.1 Å². The number of nitrogens with zero attached hydrogens (tertiary/aromatic N) is 1. The highest BCUT2D eigenvalue weighted by molar-refractivity contribution is 5.79. The fourth-order valence-corrected chi connectivity index (χ4v) is 1.18. The molecular weight excluding hydrogens is 198 g/mol. The Morgan fingerprint density at radius 3 is 2.19 bits per heavy atom. The third-order valence-corrected chi connectivity index (χ3v) is 2.66. The van der Waals surface area contributed by atoms with Crippen molar-refractivity contribution >= 4 is 6.21 Å². The molecule has 0 aromatic carbocycles. The van der Waals surface area contributed by atoms with E-state index in [1.807, 2.05) is 26.1 Å². The van der Waals surface area contributed by atoms with Gasteiger partial charge >= 0.3 is 0 Å². The molecule has 2 nitrogen and oxygen atoms in total. The Kier molecular flexibility index (Phi) is 6.47. The van der Waals surface area contributed by atoms with Crippen LogP contribution in [0.3, 0.4) is 0 Å². The minimum Gasteiger partial charge on any atom is -0.481 e. The van der Waals surface area contributed by atoms with E-state index < -0.39 is 0 Å². The minimum atomic E-state index is 0.379. The van der Waals surface area contributed by atoms with E-state index in [1.165, 1.54) is 5.57 Å². The summed E-state index contributed by atoms with van der Waals surface area (Å²) in [6, 6.07) is 0. The third-order valence-electron chi connectivity index (χ3n) is 2.66. The van der Waals surface area contributed by atoms with Crippen molar-refractivity contribution in [2.24, 2.45) is 10.9 Å². The Morgan fingerprint density at radius 1 is 1.25 bits per heavy atom. The molecular formula is C14H23NO. The molecule has 0 saturated heterocycles. The van der Waals surface area contributed by atoms with Crippen LogP contribution < -0.4 is 0 Å². The molecule has 0 radical (unpaired) electrons. The van der Waals surface area contributed by atoms with E-state index in [4.69, 9.17) is 4.74 Å². The molecule has 0 bridgehead atoms. The van der Waals surface area contributed by atoms with Crippen molar-refractivity contribution in [2.75, 3.05) is 7.11 Å². The predicted molar refractivity (Wildman–Crippen MR) is 71.6 cm³/mol. The molecule has 0 amide bonds. The van der Waals surface area contributed by atoms with Gasteiger partial charge in [0.15, 0.2) is 0 Å². The van der Waals surface area contributed by atoms with Gasteiger partial charge in [0.25, 0.3) is 0 Å².